The molecule has 19 heavy (non-hydrogen) atoms. The van der Waals surface area contributed by atoms with Gasteiger partial charge in [0.15, 0.2) is 0 Å². The van der Waals surface area contributed by atoms with E-state index >= 15 is 0 Å². The van der Waals surface area contributed by atoms with Gasteiger partial charge >= 0.3 is 0 Å². The molecular formula is C16H21N3. The van der Waals surface area contributed by atoms with Gasteiger partial charge in [-0.05, 0) is 43.0 Å². The van der Waals surface area contributed by atoms with E-state index in [2.05, 4.69) is 41.6 Å². The zero-order chi connectivity index (χ0) is 13.1. The van der Waals surface area contributed by atoms with Gasteiger partial charge in [-0.3, -0.25) is 0 Å². The highest BCUT2D eigenvalue weighted by Crippen LogP contribution is 2.31. The molecule has 3 nitrogen and oxygen atoms in total. The molecule has 3 rings (SSSR count). The average molecular weight is 255 g/mol. The maximum atomic E-state index is 4.28. The first kappa shape index (κ1) is 12.3. The van der Waals surface area contributed by atoms with Gasteiger partial charge in [-0.1, -0.05) is 25.8 Å². The zero-order valence-corrected chi connectivity index (χ0v) is 11.4. The molecule has 1 N–H and O–H groups in total. The molecule has 1 aliphatic rings. The molecule has 1 heterocycles. The van der Waals surface area contributed by atoms with E-state index in [1.807, 2.05) is 23.1 Å². The molecule has 1 aromatic carbocycles. The van der Waals surface area contributed by atoms with E-state index in [4.69, 9.17) is 0 Å². The third-order valence-electron chi connectivity index (χ3n) is 4.15. The fourth-order valence-corrected chi connectivity index (χ4v) is 3.09. The molecule has 1 fully saturated rings. The number of hydrogen-bond donors (Lipinski definition) is 1. The van der Waals surface area contributed by atoms with E-state index in [1.54, 1.807) is 0 Å². The van der Waals surface area contributed by atoms with Crippen molar-refractivity contribution in [2.45, 2.75) is 38.6 Å². The van der Waals surface area contributed by atoms with E-state index in [0.29, 0.717) is 6.04 Å². The largest absolute Gasteiger partial charge is 0.382 e. The lowest BCUT2D eigenvalue weighted by Gasteiger charge is -2.21. The lowest BCUT2D eigenvalue weighted by molar-refractivity contribution is 0.489. The van der Waals surface area contributed by atoms with Crippen molar-refractivity contribution in [3.05, 3.63) is 42.7 Å². The standard InChI is InChI=1S/C16H21N3/c1-2-13-6-3-9-16(13)18-14-7-4-8-15(12-14)19-11-5-10-17-19/h4-5,7-8,10-13,16,18H,2-3,6,9H2,1H3. The number of nitrogens with zero attached hydrogens (tertiary/aromatic N) is 2. The quantitative estimate of drug-likeness (QED) is 0.899. The molecule has 0 bridgehead atoms. The van der Waals surface area contributed by atoms with Crippen molar-refractivity contribution in [2.24, 2.45) is 5.92 Å². The number of aromatic nitrogens is 2. The summed E-state index contributed by atoms with van der Waals surface area (Å²) in [5.74, 6) is 0.827. The fourth-order valence-electron chi connectivity index (χ4n) is 3.09. The normalized spacial score (nSPS) is 22.6. The van der Waals surface area contributed by atoms with Crippen LogP contribution in [0.2, 0.25) is 0 Å². The summed E-state index contributed by atoms with van der Waals surface area (Å²) in [6.07, 6.45) is 9.08. The van der Waals surface area contributed by atoms with Gasteiger partial charge in [-0.25, -0.2) is 4.68 Å². The molecular weight excluding hydrogens is 234 g/mol. The minimum Gasteiger partial charge on any atom is -0.382 e. The average Bonchev–Trinajstić information content (AvgIpc) is 3.10. The highest BCUT2D eigenvalue weighted by Gasteiger charge is 2.25. The fraction of sp³-hybridized carbons (Fsp3) is 0.438. The van der Waals surface area contributed by atoms with Gasteiger partial charge in [-0.2, -0.15) is 5.10 Å². The van der Waals surface area contributed by atoms with Gasteiger partial charge in [0.2, 0.25) is 0 Å². The van der Waals surface area contributed by atoms with E-state index in [1.165, 1.54) is 31.4 Å². The van der Waals surface area contributed by atoms with Crippen molar-refractivity contribution in [3.8, 4) is 5.69 Å². The van der Waals surface area contributed by atoms with E-state index in [0.717, 1.165) is 11.6 Å². The first-order chi connectivity index (χ1) is 9.36. The van der Waals surface area contributed by atoms with Gasteiger partial charge in [0.25, 0.3) is 0 Å². The van der Waals surface area contributed by atoms with Crippen LogP contribution in [-0.4, -0.2) is 15.8 Å². The minimum atomic E-state index is 0.637. The van der Waals surface area contributed by atoms with Crippen molar-refractivity contribution in [3.63, 3.8) is 0 Å². The first-order valence-corrected chi connectivity index (χ1v) is 7.23. The summed E-state index contributed by atoms with van der Waals surface area (Å²) >= 11 is 0. The van der Waals surface area contributed by atoms with Crippen LogP contribution in [0.1, 0.15) is 32.6 Å². The molecule has 0 aliphatic heterocycles. The van der Waals surface area contributed by atoms with Gasteiger partial charge in [0.05, 0.1) is 5.69 Å². The summed E-state index contributed by atoms with van der Waals surface area (Å²) in [5.41, 5.74) is 2.32. The maximum Gasteiger partial charge on any atom is 0.0666 e. The van der Waals surface area contributed by atoms with E-state index in [-0.39, 0.29) is 0 Å². The number of nitrogens with one attached hydrogen (secondary N) is 1. The van der Waals surface area contributed by atoms with Gasteiger partial charge in [0.1, 0.15) is 0 Å². The molecule has 2 aromatic rings. The summed E-state index contributed by atoms with van der Waals surface area (Å²) in [7, 11) is 0. The van der Waals surface area contributed by atoms with Crippen LogP contribution in [-0.2, 0) is 0 Å². The summed E-state index contributed by atoms with van der Waals surface area (Å²) in [5, 5.41) is 7.98. The molecule has 1 aliphatic carbocycles. The van der Waals surface area contributed by atoms with Crippen LogP contribution in [0.4, 0.5) is 5.69 Å². The minimum absolute atomic E-state index is 0.637. The van der Waals surface area contributed by atoms with Crippen LogP contribution < -0.4 is 5.32 Å². The topological polar surface area (TPSA) is 29.9 Å². The summed E-state index contributed by atoms with van der Waals surface area (Å²) in [6, 6.07) is 11.1. The smallest absolute Gasteiger partial charge is 0.0666 e. The number of rotatable bonds is 4. The second kappa shape index (κ2) is 5.47. The molecule has 2 unspecified atom stereocenters. The Labute approximate surface area is 114 Å². The number of anilines is 1. The molecule has 1 aromatic heterocycles. The maximum absolute atomic E-state index is 4.28. The molecule has 0 radical (unpaired) electrons. The molecule has 2 atom stereocenters. The second-order valence-corrected chi connectivity index (χ2v) is 5.35. The Bertz CT molecular complexity index is 519. The SMILES string of the molecule is CCC1CCCC1Nc1cccc(-n2cccn2)c1. The molecule has 3 heteroatoms. The van der Waals surface area contributed by atoms with Crippen molar-refractivity contribution in [1.82, 2.24) is 9.78 Å². The van der Waals surface area contributed by atoms with Crippen molar-refractivity contribution >= 4 is 5.69 Å². The van der Waals surface area contributed by atoms with Crippen molar-refractivity contribution in [2.75, 3.05) is 5.32 Å². The molecule has 1 saturated carbocycles. The van der Waals surface area contributed by atoms with Crippen LogP contribution in [0, 0.1) is 5.92 Å². The highest BCUT2D eigenvalue weighted by molar-refractivity contribution is 5.51. The molecule has 0 amide bonds. The van der Waals surface area contributed by atoms with Gasteiger partial charge in [-0.15, -0.1) is 0 Å². The van der Waals surface area contributed by atoms with Gasteiger partial charge in [0, 0.05) is 24.1 Å². The molecule has 100 valence electrons. The first-order valence-electron chi connectivity index (χ1n) is 7.23. The highest BCUT2D eigenvalue weighted by atomic mass is 15.3. The van der Waals surface area contributed by atoms with Crippen LogP contribution in [0.15, 0.2) is 42.7 Å². The monoisotopic (exact) mass is 255 g/mol. The van der Waals surface area contributed by atoms with Crippen molar-refractivity contribution < 1.29 is 0 Å². The Balaban J connectivity index is 1.76. The summed E-state index contributed by atoms with van der Waals surface area (Å²) in [4.78, 5) is 0. The van der Waals surface area contributed by atoms with Crippen molar-refractivity contribution in [1.29, 1.82) is 0 Å². The van der Waals surface area contributed by atoms with E-state index in [9.17, 15) is 0 Å². The van der Waals surface area contributed by atoms with E-state index < -0.39 is 0 Å². The third-order valence-corrected chi connectivity index (χ3v) is 4.15. The number of benzene rings is 1. The van der Waals surface area contributed by atoms with Crippen LogP contribution >= 0.6 is 0 Å². The summed E-state index contributed by atoms with van der Waals surface area (Å²) in [6.45, 7) is 2.30. The van der Waals surface area contributed by atoms with Crippen LogP contribution in [0.25, 0.3) is 5.69 Å². The van der Waals surface area contributed by atoms with Gasteiger partial charge < -0.3 is 5.32 Å². The lowest BCUT2D eigenvalue weighted by Crippen LogP contribution is -2.23. The van der Waals surface area contributed by atoms with Crippen LogP contribution in [0.3, 0.4) is 0 Å². The predicted molar refractivity (Wildman–Crippen MR) is 78.6 cm³/mol. The zero-order valence-electron chi connectivity index (χ0n) is 11.4. The Morgan fingerprint density at radius 3 is 3.05 bits per heavy atom. The lowest BCUT2D eigenvalue weighted by atomic mass is 10.0. The summed E-state index contributed by atoms with van der Waals surface area (Å²) < 4.78 is 1.90. The Hall–Kier alpha value is -1.77. The van der Waals surface area contributed by atoms with Crippen LogP contribution in [0.5, 0.6) is 0 Å². The third kappa shape index (κ3) is 2.65. The molecule has 0 spiro atoms. The molecule has 0 saturated heterocycles. The second-order valence-electron chi connectivity index (χ2n) is 5.35. The Morgan fingerprint density at radius 1 is 1.32 bits per heavy atom. The number of hydrogen-bond acceptors (Lipinski definition) is 2. The Kier molecular flexibility index (Phi) is 3.53. The Morgan fingerprint density at radius 2 is 2.26 bits per heavy atom. The predicted octanol–water partition coefficient (Wildman–Crippen LogP) is 3.86.